The molecular formula is C64H45F51O8. The van der Waals surface area contributed by atoms with E-state index in [2.05, 4.69) is 0 Å². The van der Waals surface area contributed by atoms with Crippen molar-refractivity contribution in [3.63, 3.8) is 0 Å². The predicted molar refractivity (Wildman–Crippen MR) is 306 cm³/mol. The van der Waals surface area contributed by atoms with Gasteiger partial charge in [-0.25, -0.2) is 4.79 Å². The molecule has 4 aromatic rings. The highest BCUT2D eigenvalue weighted by molar-refractivity contribution is 5.89. The van der Waals surface area contributed by atoms with Crippen LogP contribution in [0.2, 0.25) is 0 Å². The maximum Gasteiger partial charge on any atom is 0.460 e. The number of hydrogen-bond acceptors (Lipinski definition) is 7. The van der Waals surface area contributed by atoms with Crippen molar-refractivity contribution in [3.8, 4) is 34.5 Å². The van der Waals surface area contributed by atoms with Crippen LogP contribution in [0.15, 0.2) is 84.9 Å². The maximum absolute atomic E-state index is 14.5. The van der Waals surface area contributed by atoms with Crippen LogP contribution in [0.1, 0.15) is 84.8 Å². The molecule has 0 aromatic heterocycles. The molecule has 0 radical (unpaired) electrons. The molecule has 0 fully saturated rings. The zero-order chi connectivity index (χ0) is 96.1. The van der Waals surface area contributed by atoms with Gasteiger partial charge in [0.2, 0.25) is 5.75 Å². The number of rotatable bonds is 46. The highest BCUT2D eigenvalue weighted by Gasteiger charge is 2.99. The molecule has 123 heavy (non-hydrogen) atoms. The van der Waals surface area contributed by atoms with Crippen LogP contribution in [-0.2, 0) is 19.8 Å². The maximum atomic E-state index is 14.5. The number of unbranched alkanes of at least 4 members (excludes halogenated alkanes) is 3. The number of alkyl halides is 51. The number of aromatic carboxylic acids is 1. The smallest absolute Gasteiger partial charge is 0.460 e. The Bertz CT molecular complexity index is 3990. The van der Waals surface area contributed by atoms with Gasteiger partial charge < -0.3 is 33.5 Å². The first-order valence-electron chi connectivity index (χ1n) is 32.3. The lowest BCUT2D eigenvalue weighted by atomic mass is 9.88. The normalized spacial score (nSPS) is 15.0. The van der Waals surface area contributed by atoms with E-state index in [1.165, 1.54) is 0 Å². The molecule has 0 heterocycles. The van der Waals surface area contributed by atoms with Crippen LogP contribution in [0.4, 0.5) is 224 Å². The largest absolute Gasteiger partial charge is 0.494 e. The lowest BCUT2D eigenvalue weighted by molar-refractivity contribution is -0.461. The van der Waals surface area contributed by atoms with Crippen LogP contribution in [0, 0.1) is 0 Å². The monoisotopic (exact) mass is 1910 g/mol. The Balaban J connectivity index is 1.56. The highest BCUT2D eigenvalue weighted by atomic mass is 19.5. The van der Waals surface area contributed by atoms with Crippen LogP contribution in [-0.4, -0.2) is 174 Å². The van der Waals surface area contributed by atoms with E-state index in [-0.39, 0.29) is 28.2 Å². The van der Waals surface area contributed by atoms with Gasteiger partial charge >= 0.3 is 149 Å². The van der Waals surface area contributed by atoms with Gasteiger partial charge in [0.05, 0.1) is 25.4 Å². The van der Waals surface area contributed by atoms with Gasteiger partial charge in [-0.1, -0.05) is 36.4 Å². The average molecular weight is 1910 g/mol. The van der Waals surface area contributed by atoms with Crippen LogP contribution < -0.4 is 28.4 Å². The van der Waals surface area contributed by atoms with Crippen LogP contribution in [0.25, 0.3) is 0 Å². The molecule has 0 aliphatic rings. The van der Waals surface area contributed by atoms with Crippen LogP contribution >= 0.6 is 0 Å². The second kappa shape index (κ2) is 34.7. The first-order chi connectivity index (χ1) is 54.7. The van der Waals surface area contributed by atoms with Crippen LogP contribution in [0.5, 0.6) is 34.5 Å². The summed E-state index contributed by atoms with van der Waals surface area (Å²) in [6, 6.07) is 13.1. The van der Waals surface area contributed by atoms with Gasteiger partial charge in [-0.05, 0) is 104 Å². The van der Waals surface area contributed by atoms with Gasteiger partial charge in [0.1, 0.15) is 37.1 Å². The average Bonchev–Trinajstić information content (AvgIpc) is 0.703. The van der Waals surface area contributed by atoms with E-state index in [0.717, 1.165) is 72.8 Å². The van der Waals surface area contributed by atoms with Gasteiger partial charge in [-0.15, -0.1) is 0 Å². The third-order valence-corrected chi connectivity index (χ3v) is 17.0. The molecule has 0 aliphatic carbocycles. The number of benzene rings is 4. The Morgan fingerprint density at radius 1 is 0.228 bits per heavy atom. The second-order valence-corrected chi connectivity index (χ2v) is 25.8. The molecule has 8 nitrogen and oxygen atoms in total. The molecule has 0 amide bonds. The minimum Gasteiger partial charge on any atom is -0.494 e. The van der Waals surface area contributed by atoms with Crippen molar-refractivity contribution in [2.24, 2.45) is 0 Å². The molecular weight excluding hydrogens is 1870 g/mol. The zero-order valence-electron chi connectivity index (χ0n) is 58.8. The van der Waals surface area contributed by atoms with E-state index >= 15 is 0 Å². The first-order valence-corrected chi connectivity index (χ1v) is 32.3. The van der Waals surface area contributed by atoms with Crippen LogP contribution in [0.3, 0.4) is 0 Å². The molecule has 0 saturated heterocycles. The third-order valence-electron chi connectivity index (χ3n) is 17.0. The van der Waals surface area contributed by atoms with E-state index < -0.39 is 275 Å². The molecule has 4 aromatic carbocycles. The van der Waals surface area contributed by atoms with Gasteiger partial charge in [-0.2, -0.15) is 224 Å². The van der Waals surface area contributed by atoms with Crippen molar-refractivity contribution in [3.05, 3.63) is 107 Å². The Labute approximate surface area is 649 Å². The molecule has 0 bridgehead atoms. The van der Waals surface area contributed by atoms with Gasteiger partial charge in [0.25, 0.3) is 0 Å². The molecule has 59 heteroatoms. The molecule has 1 N–H and O–H groups in total. The summed E-state index contributed by atoms with van der Waals surface area (Å²) in [5.41, 5.74) is -0.938. The van der Waals surface area contributed by atoms with Gasteiger partial charge in [-0.3, -0.25) is 0 Å². The standard InChI is InChI=1S/C64H45F51O8/c65-41(66,44(71,72)47(77,78)50(83,84)53(89,90)56(95,96)59(101,102)62(107,108)109)19-1-4-22-118-34-13-7-30(8-14-34)27-121-37-25-33(40(116)117)26-38(122-28-31-9-15-35(16-10-31)119-23-5-2-20-42(67,68)45(73,74)48(79,80)51(85,86)54(91,92)57(97,98)60(103,104)63(110,111)112)39(37)123-29-32-11-17-36(18-12-32)120-24-6-3-21-43(69,70)46(75,76)49(81,82)52(87,88)55(93,94)58(99,100)61(105,106)64(113,114)115/h7-18,25-26H,1-6,19-24,27-29H2,(H,116,117). The lowest BCUT2D eigenvalue weighted by Gasteiger charge is -2.42. The molecule has 0 spiro atoms. The van der Waals surface area contributed by atoms with E-state index in [9.17, 15) is 234 Å². The fourth-order valence-electron chi connectivity index (χ4n) is 9.56. The summed E-state index contributed by atoms with van der Waals surface area (Å²) >= 11 is 0. The Morgan fingerprint density at radius 2 is 0.407 bits per heavy atom. The fraction of sp³-hybridized carbons (Fsp3) is 0.609. The minimum atomic E-state index is -8.88. The lowest BCUT2D eigenvalue weighted by Crippen LogP contribution is -2.74. The summed E-state index contributed by atoms with van der Waals surface area (Å²) in [6.07, 6.45) is -40.4. The van der Waals surface area contributed by atoms with Gasteiger partial charge in [0.15, 0.2) is 11.5 Å². The number of carbonyl (C=O) groups is 1. The van der Waals surface area contributed by atoms with Crippen molar-refractivity contribution < 1.29 is 262 Å². The summed E-state index contributed by atoms with van der Waals surface area (Å²) < 4.78 is 731. The number of carboxylic acid groups (broad SMARTS) is 1. The molecule has 0 unspecified atom stereocenters. The van der Waals surface area contributed by atoms with E-state index in [4.69, 9.17) is 28.4 Å². The van der Waals surface area contributed by atoms with E-state index in [1.54, 1.807) is 0 Å². The summed E-state index contributed by atoms with van der Waals surface area (Å²) in [6.45, 7) is -5.31. The Kier molecular flexibility index (Phi) is 30.2. The molecule has 4 rings (SSSR count). The number of ether oxygens (including phenoxy) is 6. The summed E-state index contributed by atoms with van der Waals surface area (Å²) in [5, 5.41) is 10.0. The molecule has 0 atom stereocenters. The number of halogens is 51. The van der Waals surface area contributed by atoms with Crippen molar-refractivity contribution >= 4 is 5.97 Å². The Hall–Kier alpha value is -8.42. The SMILES string of the molecule is O=C(O)c1cc(OCc2ccc(OCCCCC(F)(F)C(F)(F)C(F)(F)C(F)(F)C(F)(F)C(F)(F)C(F)(F)C(F)(F)F)cc2)c(OCc2ccc(OCCCCC(F)(F)C(F)(F)C(F)(F)C(F)(F)C(F)(F)C(F)(F)C(F)(F)C(F)(F)F)cc2)c(OCc2ccc(OCCCCC(F)(F)C(F)(F)C(F)(F)C(F)(F)C(F)(F)C(F)(F)C(F)(F)C(F)(F)F)cc2)c1. The van der Waals surface area contributed by atoms with E-state index in [1.807, 2.05) is 0 Å². The highest BCUT2D eigenvalue weighted by Crippen LogP contribution is 2.69. The van der Waals surface area contributed by atoms with Gasteiger partial charge in [0, 0.05) is 19.3 Å². The van der Waals surface area contributed by atoms with Crippen molar-refractivity contribution in [1.82, 2.24) is 0 Å². The quantitative estimate of drug-likeness (QED) is 0.0346. The zero-order valence-corrected chi connectivity index (χ0v) is 58.8. The van der Waals surface area contributed by atoms with Crippen molar-refractivity contribution in [2.75, 3.05) is 19.8 Å². The molecule has 706 valence electrons. The van der Waals surface area contributed by atoms with E-state index in [0.29, 0.717) is 12.1 Å². The molecule has 0 saturated carbocycles. The first kappa shape index (κ1) is 107. The molecule has 0 aliphatic heterocycles. The second-order valence-electron chi connectivity index (χ2n) is 25.8. The Morgan fingerprint density at radius 3 is 0.593 bits per heavy atom. The summed E-state index contributed by atoms with van der Waals surface area (Å²) in [7, 11) is 0. The predicted octanol–water partition coefficient (Wildman–Crippen LogP) is 25.8. The minimum absolute atomic E-state index is 0.0527. The number of hydrogen-bond donors (Lipinski definition) is 1. The fourth-order valence-corrected chi connectivity index (χ4v) is 9.56. The summed E-state index contributed by atoms with van der Waals surface area (Å²) in [4.78, 5) is 12.4. The third kappa shape index (κ3) is 19.0. The topological polar surface area (TPSA) is 92.7 Å². The number of carboxylic acids is 1. The summed E-state index contributed by atoms with van der Waals surface area (Å²) in [5.74, 6) is -179. The van der Waals surface area contributed by atoms with Crippen molar-refractivity contribution in [1.29, 1.82) is 0 Å². The van der Waals surface area contributed by atoms with Crippen molar-refractivity contribution in [2.45, 2.75) is 221 Å².